The summed E-state index contributed by atoms with van der Waals surface area (Å²) in [5, 5.41) is 2.12. The van der Waals surface area contributed by atoms with Crippen molar-refractivity contribution in [1.29, 1.82) is 0 Å². The van der Waals surface area contributed by atoms with Crippen LogP contribution in [0.15, 0.2) is 82.7 Å². The Hall–Kier alpha value is -4.63. The molecule has 0 aliphatic carbocycles. The molecule has 9 nitrogen and oxygen atoms in total. The zero-order chi connectivity index (χ0) is 26.9. The van der Waals surface area contributed by atoms with Crippen LogP contribution in [0.2, 0.25) is 0 Å². The second-order valence-corrected chi connectivity index (χ2v) is 9.41. The summed E-state index contributed by atoms with van der Waals surface area (Å²) >= 11 is 0. The third kappa shape index (κ3) is 4.61. The quantitative estimate of drug-likeness (QED) is 0.256. The van der Waals surface area contributed by atoms with Crippen molar-refractivity contribution in [2.45, 2.75) is 32.4 Å². The van der Waals surface area contributed by atoms with E-state index in [0.29, 0.717) is 23.5 Å². The highest BCUT2D eigenvalue weighted by molar-refractivity contribution is 6.00. The van der Waals surface area contributed by atoms with Gasteiger partial charge >= 0.3 is 5.97 Å². The predicted molar refractivity (Wildman–Crippen MR) is 146 cm³/mol. The summed E-state index contributed by atoms with van der Waals surface area (Å²) in [7, 11) is 0. The first-order valence-corrected chi connectivity index (χ1v) is 12.9. The van der Waals surface area contributed by atoms with E-state index in [1.54, 1.807) is 48.0 Å². The van der Waals surface area contributed by atoms with Gasteiger partial charge in [-0.1, -0.05) is 36.4 Å². The highest BCUT2D eigenvalue weighted by Gasteiger charge is 2.24. The topological polar surface area (TPSA) is 104 Å². The molecule has 0 radical (unpaired) electrons. The summed E-state index contributed by atoms with van der Waals surface area (Å²) in [5.74, 6) is -1.20. The van der Waals surface area contributed by atoms with Crippen LogP contribution in [0.25, 0.3) is 27.5 Å². The first-order valence-electron chi connectivity index (χ1n) is 12.9. The van der Waals surface area contributed by atoms with Crippen LogP contribution in [0, 0.1) is 0 Å². The van der Waals surface area contributed by atoms with Gasteiger partial charge in [0.15, 0.2) is 5.49 Å². The molecule has 0 spiro atoms. The number of aromatic nitrogens is 3. The molecule has 0 saturated carbocycles. The fraction of sp³-hybridized carbons (Fsp3) is 0.233. The number of hydrogen-bond acceptors (Lipinski definition) is 6. The van der Waals surface area contributed by atoms with Crippen LogP contribution >= 0.6 is 0 Å². The maximum absolute atomic E-state index is 13.5. The molecule has 3 aromatic heterocycles. The number of amides is 1. The van der Waals surface area contributed by atoms with Gasteiger partial charge in [0, 0.05) is 18.4 Å². The van der Waals surface area contributed by atoms with Gasteiger partial charge < -0.3 is 14.0 Å². The molecule has 1 saturated heterocycles. The first kappa shape index (κ1) is 24.7. The Balaban J connectivity index is 1.65. The van der Waals surface area contributed by atoms with Crippen molar-refractivity contribution in [1.82, 2.24) is 14.0 Å². The minimum absolute atomic E-state index is 0.0197. The Morgan fingerprint density at radius 2 is 1.90 bits per heavy atom. The predicted octanol–water partition coefficient (Wildman–Crippen LogP) is 3.90. The standard InChI is InChI=1S/C30H26N4O5/c1-2-38-30(37)24-17-23-26(31-25-11-5-6-14-33(25)29(23)36)34(18-22-10-7-15-39-22)27(24)32-28(35)21-13-12-19-8-3-4-9-20(19)16-21/h3-6,8-9,11-14,16-17,22H,2,7,10,15,18H2,1H3/t22-/m0/s1. The van der Waals surface area contributed by atoms with E-state index in [1.807, 2.05) is 30.3 Å². The van der Waals surface area contributed by atoms with Crippen LogP contribution in [0.3, 0.4) is 0 Å². The normalized spacial score (nSPS) is 15.8. The molecule has 6 rings (SSSR count). The van der Waals surface area contributed by atoms with Crippen LogP contribution < -0.4 is 11.0 Å². The number of esters is 1. The number of carbonyl (C=O) groups is 2. The number of pyridine rings is 2. The molecule has 1 aliphatic rings. The van der Waals surface area contributed by atoms with Gasteiger partial charge in [-0.25, -0.2) is 9.78 Å². The summed E-state index contributed by atoms with van der Waals surface area (Å²) in [6.07, 6.45) is 3.13. The largest absolute Gasteiger partial charge is 0.462 e. The lowest BCUT2D eigenvalue weighted by atomic mass is 10.1. The van der Waals surface area contributed by atoms with E-state index in [1.165, 1.54) is 10.5 Å². The van der Waals surface area contributed by atoms with Crippen molar-refractivity contribution in [3.8, 4) is 0 Å². The van der Waals surface area contributed by atoms with Gasteiger partial charge in [0.1, 0.15) is 16.9 Å². The fourth-order valence-corrected chi connectivity index (χ4v) is 5.01. The minimum atomic E-state index is -0.678. The van der Waals surface area contributed by atoms with Crippen molar-refractivity contribution in [3.63, 3.8) is 0 Å². The maximum atomic E-state index is 13.5. The Bertz CT molecular complexity index is 1880. The van der Waals surface area contributed by atoms with Crippen LogP contribution in [-0.4, -0.2) is 45.1 Å². The van der Waals surface area contributed by atoms with E-state index in [-0.39, 0.29) is 41.3 Å². The second-order valence-electron chi connectivity index (χ2n) is 9.41. The lowest BCUT2D eigenvalue weighted by molar-refractivity contribution is 0.0521. The average Bonchev–Trinajstić information content (AvgIpc) is 3.47. The monoisotopic (exact) mass is 522 g/mol. The average molecular weight is 523 g/mol. The summed E-state index contributed by atoms with van der Waals surface area (Å²) in [5.41, 5.74) is 0.896. The first-order chi connectivity index (χ1) is 19.0. The van der Waals surface area contributed by atoms with Crippen molar-refractivity contribution in [2.75, 3.05) is 13.2 Å². The van der Waals surface area contributed by atoms with E-state index < -0.39 is 11.9 Å². The van der Waals surface area contributed by atoms with Crippen molar-refractivity contribution < 1.29 is 19.1 Å². The zero-order valence-electron chi connectivity index (χ0n) is 21.4. The molecule has 0 bridgehead atoms. The van der Waals surface area contributed by atoms with Gasteiger partial charge in [-0.05, 0) is 60.9 Å². The van der Waals surface area contributed by atoms with Gasteiger partial charge in [-0.2, -0.15) is 4.99 Å². The number of hydrogen-bond donors (Lipinski definition) is 0. The smallest absolute Gasteiger partial charge is 0.341 e. The van der Waals surface area contributed by atoms with E-state index in [9.17, 15) is 14.4 Å². The number of nitrogens with zero attached hydrogens (tertiary/aromatic N) is 4. The third-order valence-electron chi connectivity index (χ3n) is 6.90. The molecule has 1 fully saturated rings. The lowest BCUT2D eigenvalue weighted by Crippen LogP contribution is -2.35. The van der Waals surface area contributed by atoms with Crippen LogP contribution in [0.1, 0.15) is 40.5 Å². The van der Waals surface area contributed by atoms with Gasteiger partial charge in [0.2, 0.25) is 0 Å². The molecule has 2 aromatic carbocycles. The Morgan fingerprint density at radius 1 is 1.08 bits per heavy atom. The number of fused-ring (bicyclic) bond motifs is 3. The third-order valence-corrected chi connectivity index (χ3v) is 6.90. The Kier molecular flexibility index (Phi) is 6.50. The van der Waals surface area contributed by atoms with E-state index in [4.69, 9.17) is 14.5 Å². The molecule has 39 heavy (non-hydrogen) atoms. The van der Waals surface area contributed by atoms with Crippen molar-refractivity contribution in [2.24, 2.45) is 4.99 Å². The molecule has 4 heterocycles. The molecular weight excluding hydrogens is 496 g/mol. The maximum Gasteiger partial charge on any atom is 0.341 e. The molecular formula is C30H26N4O5. The van der Waals surface area contributed by atoms with Gasteiger partial charge in [-0.15, -0.1) is 0 Å². The highest BCUT2D eigenvalue weighted by Crippen LogP contribution is 2.19. The van der Waals surface area contributed by atoms with Gasteiger partial charge in [0.25, 0.3) is 11.5 Å². The molecule has 0 N–H and O–H groups in total. The zero-order valence-corrected chi connectivity index (χ0v) is 21.4. The SMILES string of the molecule is CCOC(=O)c1cc2c(=O)n3ccccc3nc2n(C[C@@H]2CCCO2)c1=NC(=O)c1ccc2ccccc2c1. The summed E-state index contributed by atoms with van der Waals surface area (Å²) in [4.78, 5) is 49.5. The van der Waals surface area contributed by atoms with E-state index >= 15 is 0 Å². The number of ether oxygens (including phenoxy) is 2. The summed E-state index contributed by atoms with van der Waals surface area (Å²) in [6.45, 7) is 2.70. The number of benzene rings is 2. The lowest BCUT2D eigenvalue weighted by Gasteiger charge is -2.18. The summed E-state index contributed by atoms with van der Waals surface area (Å²) in [6, 6.07) is 19.8. The van der Waals surface area contributed by atoms with Crippen LogP contribution in [-0.2, 0) is 16.0 Å². The van der Waals surface area contributed by atoms with Crippen molar-refractivity contribution in [3.05, 3.63) is 99.9 Å². The van der Waals surface area contributed by atoms with Crippen LogP contribution in [0.4, 0.5) is 0 Å². The Morgan fingerprint density at radius 3 is 2.69 bits per heavy atom. The van der Waals surface area contributed by atoms with Crippen molar-refractivity contribution >= 4 is 39.3 Å². The Labute approximate surface area is 223 Å². The molecule has 9 heteroatoms. The van der Waals surface area contributed by atoms with Crippen LogP contribution in [0.5, 0.6) is 0 Å². The highest BCUT2D eigenvalue weighted by atomic mass is 16.5. The molecule has 5 aromatic rings. The van der Waals surface area contributed by atoms with E-state index in [2.05, 4.69) is 4.99 Å². The number of carbonyl (C=O) groups excluding carboxylic acids is 2. The molecule has 0 unspecified atom stereocenters. The second kappa shape index (κ2) is 10.3. The minimum Gasteiger partial charge on any atom is -0.462 e. The summed E-state index contributed by atoms with van der Waals surface area (Å²) < 4.78 is 14.3. The van der Waals surface area contributed by atoms with Gasteiger partial charge in [0.05, 0.1) is 24.6 Å². The molecule has 1 atom stereocenters. The molecule has 196 valence electrons. The molecule has 1 amide bonds. The number of rotatable bonds is 5. The van der Waals surface area contributed by atoms with Gasteiger partial charge in [-0.3, -0.25) is 14.0 Å². The van der Waals surface area contributed by atoms with E-state index in [0.717, 1.165) is 23.6 Å². The fourth-order valence-electron chi connectivity index (χ4n) is 5.01. The molecule has 1 aliphatic heterocycles.